The Morgan fingerprint density at radius 1 is 1.12 bits per heavy atom. The lowest BCUT2D eigenvalue weighted by molar-refractivity contribution is -0.0956. The largest absolute Gasteiger partial charge is 0.464 e. The van der Waals surface area contributed by atoms with Crippen LogP contribution in [0.15, 0.2) is 32.2 Å². The number of halogens is 1. The first-order valence-corrected chi connectivity index (χ1v) is 10.9. The maximum Gasteiger partial charge on any atom is 0.280 e. The minimum atomic E-state index is -0.658. The summed E-state index contributed by atoms with van der Waals surface area (Å²) in [5, 5.41) is 7.81. The fourth-order valence-electron chi connectivity index (χ4n) is 4.00. The summed E-state index contributed by atoms with van der Waals surface area (Å²) in [6.07, 6.45) is 0. The number of rotatable bonds is 6. The van der Waals surface area contributed by atoms with E-state index in [0.29, 0.717) is 27.6 Å². The van der Waals surface area contributed by atoms with E-state index in [1.165, 1.54) is 12.2 Å². The normalized spacial score (nSPS) is 14.6. The predicted octanol–water partition coefficient (Wildman–Crippen LogP) is 4.61. The van der Waals surface area contributed by atoms with Crippen LogP contribution in [0.25, 0.3) is 0 Å². The highest BCUT2D eigenvalue weighted by atomic mass is 35.5. The Bertz CT molecular complexity index is 1310. The van der Waals surface area contributed by atoms with Crippen LogP contribution < -0.4 is 21.5 Å². The molecule has 8 nitrogen and oxygen atoms in total. The first-order valence-electron chi connectivity index (χ1n) is 10.5. The first-order chi connectivity index (χ1) is 15.4. The zero-order valence-corrected chi connectivity index (χ0v) is 20.1. The van der Waals surface area contributed by atoms with Crippen LogP contribution in [0.5, 0.6) is 0 Å². The van der Waals surface area contributed by atoms with E-state index in [1.807, 2.05) is 40.7 Å². The molecule has 0 bridgehead atoms. The van der Waals surface area contributed by atoms with Crippen molar-refractivity contribution < 1.29 is 14.0 Å². The van der Waals surface area contributed by atoms with Crippen molar-refractivity contribution in [3.05, 3.63) is 71.9 Å². The Kier molecular flexibility index (Phi) is 5.62. The van der Waals surface area contributed by atoms with Gasteiger partial charge in [0.1, 0.15) is 22.9 Å². The number of nitrogens with zero attached hydrogens (tertiary/aromatic N) is 1. The van der Waals surface area contributed by atoms with Gasteiger partial charge in [-0.1, -0.05) is 32.4 Å². The summed E-state index contributed by atoms with van der Waals surface area (Å²) in [4.78, 5) is 42.9. The van der Waals surface area contributed by atoms with Gasteiger partial charge in [-0.15, -0.1) is 0 Å². The highest BCUT2D eigenvalue weighted by Crippen LogP contribution is 2.40. The zero-order valence-electron chi connectivity index (χ0n) is 19.4. The van der Waals surface area contributed by atoms with Crippen LogP contribution in [0.1, 0.15) is 59.8 Å². The van der Waals surface area contributed by atoms with Crippen molar-refractivity contribution in [3.63, 3.8) is 0 Å². The Hall–Kier alpha value is -3.10. The van der Waals surface area contributed by atoms with Crippen molar-refractivity contribution in [1.29, 1.82) is 0 Å². The number of aryl methyl sites for hydroxylation is 2. The van der Waals surface area contributed by atoms with Gasteiger partial charge in [0.15, 0.2) is 0 Å². The van der Waals surface area contributed by atoms with E-state index in [0.717, 1.165) is 11.3 Å². The fraction of sp³-hybridized carbons (Fsp3) is 0.375. The molecule has 0 spiro atoms. The second-order valence-corrected chi connectivity index (χ2v) is 9.74. The van der Waals surface area contributed by atoms with Gasteiger partial charge in [0, 0.05) is 10.6 Å². The number of amides is 1. The van der Waals surface area contributed by atoms with Gasteiger partial charge in [0.05, 0.1) is 30.9 Å². The van der Waals surface area contributed by atoms with Gasteiger partial charge in [0.25, 0.3) is 16.8 Å². The molecule has 4 rings (SSSR count). The van der Waals surface area contributed by atoms with Crippen molar-refractivity contribution in [2.45, 2.75) is 47.2 Å². The monoisotopic (exact) mass is 471 g/mol. The summed E-state index contributed by atoms with van der Waals surface area (Å²) in [5.74, 6) is 1.09. The zero-order chi connectivity index (χ0) is 24.2. The van der Waals surface area contributed by atoms with E-state index in [9.17, 15) is 14.4 Å². The fourth-order valence-corrected chi connectivity index (χ4v) is 4.22. The third-order valence-electron chi connectivity index (χ3n) is 6.01. The van der Waals surface area contributed by atoms with Crippen LogP contribution in [-0.2, 0) is 11.4 Å². The van der Waals surface area contributed by atoms with Gasteiger partial charge < -0.3 is 15.1 Å². The molecule has 2 N–H and O–H groups in total. The molecular weight excluding hydrogens is 446 g/mol. The van der Waals surface area contributed by atoms with Crippen molar-refractivity contribution in [1.82, 2.24) is 5.06 Å². The molecule has 2 heterocycles. The second kappa shape index (κ2) is 8.04. The van der Waals surface area contributed by atoms with Crippen LogP contribution in [0.4, 0.5) is 17.1 Å². The maximum atomic E-state index is 12.8. The van der Waals surface area contributed by atoms with Crippen LogP contribution in [0.2, 0.25) is 5.02 Å². The number of anilines is 3. The summed E-state index contributed by atoms with van der Waals surface area (Å²) in [6.45, 7) is 10.1. The number of furan rings is 1. The summed E-state index contributed by atoms with van der Waals surface area (Å²) in [6, 6.07) is 4.82. The van der Waals surface area contributed by atoms with Gasteiger partial charge in [-0.3, -0.25) is 19.2 Å². The smallest absolute Gasteiger partial charge is 0.280 e. The lowest BCUT2D eigenvalue weighted by Gasteiger charge is -2.31. The first kappa shape index (κ1) is 23.1. The predicted molar refractivity (Wildman–Crippen MR) is 127 cm³/mol. The van der Waals surface area contributed by atoms with Gasteiger partial charge in [-0.05, 0) is 43.0 Å². The van der Waals surface area contributed by atoms with E-state index in [4.69, 9.17) is 20.9 Å². The molecule has 0 saturated heterocycles. The van der Waals surface area contributed by atoms with E-state index in [2.05, 4.69) is 10.6 Å². The average Bonchev–Trinajstić information content (AvgIpc) is 3.27. The quantitative estimate of drug-likeness (QED) is 0.506. The van der Waals surface area contributed by atoms with Crippen LogP contribution >= 0.6 is 11.6 Å². The van der Waals surface area contributed by atoms with Gasteiger partial charge in [-0.25, -0.2) is 5.06 Å². The SMILES string of the molecule is CON1Cc2c(Cl)ccc(Nc3c(N[C@@H](c4cc(C)c(C)o4)C(C)(C)C)c(=O)c3=O)c2C1=O. The number of fused-ring (bicyclic) bond motifs is 1. The number of carbonyl (C=O) groups excluding carboxylic acids is 1. The summed E-state index contributed by atoms with van der Waals surface area (Å²) >= 11 is 6.28. The number of carbonyl (C=O) groups is 1. The molecule has 1 aliphatic rings. The molecule has 174 valence electrons. The Morgan fingerprint density at radius 2 is 1.79 bits per heavy atom. The van der Waals surface area contributed by atoms with E-state index >= 15 is 0 Å². The van der Waals surface area contributed by atoms with Crippen molar-refractivity contribution in [2.75, 3.05) is 17.7 Å². The molecule has 1 aromatic heterocycles. The molecule has 9 heteroatoms. The standard InChI is InChI=1S/C24H26ClN3O5/c1-11-9-16(33-12(11)2)22(24(3,4)5)27-19-18(20(29)21(19)30)26-15-8-7-14(25)13-10-28(32-6)23(31)17(13)15/h7-9,22,26-27H,10H2,1-6H3/t22-/m0/s1. The molecule has 0 unspecified atom stereocenters. The maximum absolute atomic E-state index is 12.8. The molecule has 33 heavy (non-hydrogen) atoms. The number of benzene rings is 1. The number of hydroxylamine groups is 2. The minimum absolute atomic E-state index is 0.0995. The highest BCUT2D eigenvalue weighted by Gasteiger charge is 2.36. The molecule has 2 aromatic carbocycles. The molecule has 1 amide bonds. The Morgan fingerprint density at radius 3 is 2.36 bits per heavy atom. The Labute approximate surface area is 196 Å². The molecular formula is C24H26ClN3O5. The third-order valence-corrected chi connectivity index (χ3v) is 6.37. The number of nitrogens with one attached hydrogen (secondary N) is 2. The minimum Gasteiger partial charge on any atom is -0.464 e. The number of hydrogen-bond acceptors (Lipinski definition) is 7. The lowest BCUT2D eigenvalue weighted by Crippen LogP contribution is -2.39. The van der Waals surface area contributed by atoms with Crippen LogP contribution in [0, 0.1) is 19.3 Å². The topological polar surface area (TPSA) is 101 Å². The molecule has 0 fully saturated rings. The summed E-state index contributed by atoms with van der Waals surface area (Å²) in [7, 11) is 1.40. The van der Waals surface area contributed by atoms with Gasteiger partial charge in [0.2, 0.25) is 0 Å². The molecule has 0 saturated carbocycles. The lowest BCUT2D eigenvalue weighted by atomic mass is 9.84. The van der Waals surface area contributed by atoms with E-state index in [1.54, 1.807) is 12.1 Å². The van der Waals surface area contributed by atoms with Gasteiger partial charge >= 0.3 is 0 Å². The summed E-state index contributed by atoms with van der Waals surface area (Å²) in [5.41, 5.74) is 0.936. The highest BCUT2D eigenvalue weighted by molar-refractivity contribution is 6.32. The van der Waals surface area contributed by atoms with Crippen molar-refractivity contribution >= 4 is 34.6 Å². The average molecular weight is 472 g/mol. The molecule has 3 aromatic rings. The number of hydrogen-bond donors (Lipinski definition) is 2. The second-order valence-electron chi connectivity index (χ2n) is 9.34. The van der Waals surface area contributed by atoms with Crippen LogP contribution in [0.3, 0.4) is 0 Å². The Balaban J connectivity index is 1.71. The van der Waals surface area contributed by atoms with E-state index < -0.39 is 10.9 Å². The third kappa shape index (κ3) is 3.83. The van der Waals surface area contributed by atoms with Crippen LogP contribution in [-0.4, -0.2) is 18.1 Å². The van der Waals surface area contributed by atoms with Gasteiger partial charge in [-0.2, -0.15) is 0 Å². The van der Waals surface area contributed by atoms with Crippen molar-refractivity contribution in [3.8, 4) is 0 Å². The molecule has 1 aliphatic heterocycles. The van der Waals surface area contributed by atoms with Crippen molar-refractivity contribution in [2.24, 2.45) is 5.41 Å². The molecule has 1 atom stereocenters. The van der Waals surface area contributed by atoms with E-state index in [-0.39, 0.29) is 35.3 Å². The molecule has 0 radical (unpaired) electrons. The summed E-state index contributed by atoms with van der Waals surface area (Å²) < 4.78 is 5.92. The molecule has 0 aliphatic carbocycles.